The van der Waals surface area contributed by atoms with Crippen molar-refractivity contribution < 1.29 is 19.8 Å². The number of carbonyl (C=O) groups is 2. The van der Waals surface area contributed by atoms with Crippen molar-refractivity contribution in [3.8, 4) is 0 Å². The number of hydrogen-bond acceptors (Lipinski definition) is 3. The predicted molar refractivity (Wildman–Crippen MR) is 106 cm³/mol. The Morgan fingerprint density at radius 1 is 0.643 bits per heavy atom. The second-order valence-electron chi connectivity index (χ2n) is 6.59. The molecule has 2 atom stereocenters. The minimum absolute atomic E-state index is 0.663. The zero-order valence-corrected chi connectivity index (χ0v) is 15.1. The standard InChI is InChI=1S/C23H21NO4/c24-20(22(27)28)19(21(25)26)23(16-10-4-1-5-11-16,17-12-6-2-7-13-17)18-14-8-3-9-15-18/h1-15,19-20H,24H2,(H,25,26)(H,27,28)/t19?,20-/m0/s1. The van der Waals surface area contributed by atoms with Crippen LogP contribution in [0.4, 0.5) is 0 Å². The monoisotopic (exact) mass is 375 g/mol. The summed E-state index contributed by atoms with van der Waals surface area (Å²) in [4.78, 5) is 24.3. The number of rotatable bonds is 7. The van der Waals surface area contributed by atoms with Crippen LogP contribution < -0.4 is 5.73 Å². The molecule has 3 aromatic carbocycles. The van der Waals surface area contributed by atoms with Crippen molar-refractivity contribution in [2.45, 2.75) is 11.5 Å². The van der Waals surface area contributed by atoms with Gasteiger partial charge in [-0.15, -0.1) is 0 Å². The molecule has 0 saturated carbocycles. The van der Waals surface area contributed by atoms with E-state index in [1.54, 1.807) is 36.4 Å². The molecule has 0 radical (unpaired) electrons. The molecule has 0 spiro atoms. The predicted octanol–water partition coefficient (Wildman–Crippen LogP) is 3.13. The molecule has 3 rings (SSSR count). The molecule has 28 heavy (non-hydrogen) atoms. The summed E-state index contributed by atoms with van der Waals surface area (Å²) in [5, 5.41) is 19.8. The van der Waals surface area contributed by atoms with Gasteiger partial charge in [-0.1, -0.05) is 91.0 Å². The Hall–Kier alpha value is -3.44. The molecule has 0 aliphatic carbocycles. The maximum Gasteiger partial charge on any atom is 0.321 e. The fourth-order valence-electron chi connectivity index (χ4n) is 3.89. The summed E-state index contributed by atoms with van der Waals surface area (Å²) < 4.78 is 0. The van der Waals surface area contributed by atoms with E-state index < -0.39 is 29.3 Å². The summed E-state index contributed by atoms with van der Waals surface area (Å²) in [7, 11) is 0. The van der Waals surface area contributed by atoms with Gasteiger partial charge in [0.1, 0.15) is 12.0 Å². The molecule has 0 aliphatic rings. The van der Waals surface area contributed by atoms with E-state index in [0.29, 0.717) is 16.7 Å². The van der Waals surface area contributed by atoms with Gasteiger partial charge in [0, 0.05) is 0 Å². The van der Waals surface area contributed by atoms with Crippen molar-refractivity contribution in [1.29, 1.82) is 0 Å². The highest BCUT2D eigenvalue weighted by atomic mass is 16.4. The van der Waals surface area contributed by atoms with Crippen LogP contribution in [0.25, 0.3) is 0 Å². The van der Waals surface area contributed by atoms with E-state index in [1.807, 2.05) is 54.6 Å². The molecule has 0 bridgehead atoms. The molecule has 0 saturated heterocycles. The zero-order valence-electron chi connectivity index (χ0n) is 15.1. The summed E-state index contributed by atoms with van der Waals surface area (Å²) in [6.07, 6.45) is 0. The Balaban J connectivity index is 2.47. The van der Waals surface area contributed by atoms with Crippen LogP contribution in [0.3, 0.4) is 0 Å². The number of nitrogens with two attached hydrogens (primary N) is 1. The van der Waals surface area contributed by atoms with Crippen molar-refractivity contribution in [2.24, 2.45) is 11.7 Å². The normalized spacial score (nSPS) is 13.5. The zero-order chi connectivity index (χ0) is 20.1. The molecule has 5 heteroatoms. The van der Waals surface area contributed by atoms with Crippen molar-refractivity contribution in [2.75, 3.05) is 0 Å². The largest absolute Gasteiger partial charge is 0.481 e. The molecular formula is C23H21NO4. The van der Waals surface area contributed by atoms with E-state index in [2.05, 4.69) is 0 Å². The average molecular weight is 375 g/mol. The maximum atomic E-state index is 12.5. The summed E-state index contributed by atoms with van der Waals surface area (Å²) in [6, 6.07) is 25.6. The van der Waals surface area contributed by atoms with Gasteiger partial charge in [0.2, 0.25) is 0 Å². The second kappa shape index (κ2) is 8.06. The van der Waals surface area contributed by atoms with Crippen molar-refractivity contribution >= 4 is 11.9 Å². The minimum Gasteiger partial charge on any atom is -0.481 e. The van der Waals surface area contributed by atoms with E-state index >= 15 is 0 Å². The first-order valence-corrected chi connectivity index (χ1v) is 8.87. The van der Waals surface area contributed by atoms with Gasteiger partial charge in [0.05, 0.1) is 5.41 Å². The average Bonchev–Trinajstić information content (AvgIpc) is 2.73. The number of benzene rings is 3. The van der Waals surface area contributed by atoms with E-state index in [-0.39, 0.29) is 0 Å². The third-order valence-corrected chi connectivity index (χ3v) is 5.06. The third-order valence-electron chi connectivity index (χ3n) is 5.06. The van der Waals surface area contributed by atoms with Crippen LogP contribution in [-0.4, -0.2) is 28.2 Å². The Morgan fingerprint density at radius 3 is 1.21 bits per heavy atom. The summed E-state index contributed by atoms with van der Waals surface area (Å²) >= 11 is 0. The van der Waals surface area contributed by atoms with Gasteiger partial charge in [0.25, 0.3) is 0 Å². The van der Waals surface area contributed by atoms with Gasteiger partial charge in [-0.05, 0) is 16.7 Å². The Kier molecular flexibility index (Phi) is 5.57. The summed E-state index contributed by atoms with van der Waals surface area (Å²) in [5.41, 5.74) is 6.69. The van der Waals surface area contributed by atoms with Gasteiger partial charge >= 0.3 is 11.9 Å². The van der Waals surface area contributed by atoms with Gasteiger partial charge in [0.15, 0.2) is 0 Å². The molecule has 0 fully saturated rings. The molecule has 4 N–H and O–H groups in total. The SMILES string of the molecule is N[C@H](C(=O)O)C(C(=O)O)C(c1ccccc1)(c1ccccc1)c1ccccc1. The molecule has 0 amide bonds. The highest BCUT2D eigenvalue weighted by molar-refractivity contribution is 5.86. The Morgan fingerprint density at radius 2 is 0.964 bits per heavy atom. The Labute approximate surface area is 163 Å². The van der Waals surface area contributed by atoms with E-state index in [0.717, 1.165) is 0 Å². The number of carboxylic acid groups (broad SMARTS) is 2. The van der Waals surface area contributed by atoms with Crippen molar-refractivity contribution in [3.05, 3.63) is 108 Å². The molecule has 1 unspecified atom stereocenters. The van der Waals surface area contributed by atoms with Gasteiger partial charge in [-0.3, -0.25) is 9.59 Å². The molecule has 0 aromatic heterocycles. The lowest BCUT2D eigenvalue weighted by Gasteiger charge is -2.42. The fourth-order valence-corrected chi connectivity index (χ4v) is 3.89. The lowest BCUT2D eigenvalue weighted by molar-refractivity contribution is -0.151. The van der Waals surface area contributed by atoms with E-state index in [4.69, 9.17) is 5.73 Å². The minimum atomic E-state index is -1.61. The van der Waals surface area contributed by atoms with Crippen LogP contribution in [0.15, 0.2) is 91.0 Å². The summed E-state index contributed by atoms with van der Waals surface area (Å²) in [5.74, 6) is -4.07. The van der Waals surface area contributed by atoms with Gasteiger partial charge < -0.3 is 15.9 Å². The van der Waals surface area contributed by atoms with Crippen LogP contribution in [-0.2, 0) is 15.0 Å². The van der Waals surface area contributed by atoms with Crippen molar-refractivity contribution in [3.63, 3.8) is 0 Å². The van der Waals surface area contributed by atoms with Crippen LogP contribution in [0.2, 0.25) is 0 Å². The fraction of sp³-hybridized carbons (Fsp3) is 0.130. The lowest BCUT2D eigenvalue weighted by Crippen LogP contribution is -2.54. The third kappa shape index (κ3) is 3.28. The Bertz CT molecular complexity index is 845. The maximum absolute atomic E-state index is 12.5. The molecule has 3 aromatic rings. The number of aliphatic carboxylic acids is 2. The molecule has 0 aliphatic heterocycles. The van der Waals surface area contributed by atoms with Crippen LogP contribution in [0.5, 0.6) is 0 Å². The molecule has 142 valence electrons. The first kappa shape index (κ1) is 19.3. The van der Waals surface area contributed by atoms with Crippen LogP contribution >= 0.6 is 0 Å². The van der Waals surface area contributed by atoms with Gasteiger partial charge in [-0.2, -0.15) is 0 Å². The number of carboxylic acids is 2. The smallest absolute Gasteiger partial charge is 0.321 e. The van der Waals surface area contributed by atoms with Crippen molar-refractivity contribution in [1.82, 2.24) is 0 Å². The quantitative estimate of drug-likeness (QED) is 0.551. The van der Waals surface area contributed by atoms with Crippen LogP contribution in [0, 0.1) is 5.92 Å². The molecule has 5 nitrogen and oxygen atoms in total. The van der Waals surface area contributed by atoms with E-state index in [9.17, 15) is 19.8 Å². The molecule has 0 heterocycles. The first-order valence-electron chi connectivity index (χ1n) is 8.87. The highest BCUT2D eigenvalue weighted by Crippen LogP contribution is 2.46. The number of hydrogen-bond donors (Lipinski definition) is 3. The van der Waals surface area contributed by atoms with E-state index in [1.165, 1.54) is 0 Å². The first-order chi connectivity index (χ1) is 13.5. The topological polar surface area (TPSA) is 101 Å². The highest BCUT2D eigenvalue weighted by Gasteiger charge is 2.52. The molecular weight excluding hydrogens is 354 g/mol. The second-order valence-corrected chi connectivity index (χ2v) is 6.59. The summed E-state index contributed by atoms with van der Waals surface area (Å²) in [6.45, 7) is 0. The van der Waals surface area contributed by atoms with Gasteiger partial charge in [-0.25, -0.2) is 0 Å². The lowest BCUT2D eigenvalue weighted by atomic mass is 9.59. The van der Waals surface area contributed by atoms with Crippen LogP contribution in [0.1, 0.15) is 16.7 Å².